The summed E-state index contributed by atoms with van der Waals surface area (Å²) in [7, 11) is 1.46. The van der Waals surface area contributed by atoms with Crippen LogP contribution >= 0.6 is 12.2 Å². The monoisotopic (exact) mass is 525 g/mol. The first-order chi connectivity index (χ1) is 17.9. The number of hydrogen-bond donors (Lipinski definition) is 3. The molecule has 1 aromatic heterocycles. The predicted molar refractivity (Wildman–Crippen MR) is 139 cm³/mol. The van der Waals surface area contributed by atoms with Gasteiger partial charge in [-0.15, -0.1) is 0 Å². The Morgan fingerprint density at radius 2 is 1.86 bits per heavy atom. The third kappa shape index (κ3) is 6.20. The summed E-state index contributed by atoms with van der Waals surface area (Å²) in [5, 5.41) is 19.4. The van der Waals surface area contributed by atoms with Gasteiger partial charge in [-0.1, -0.05) is 0 Å². The molecular weight excluding hydrogens is 502 g/mol. The Balaban J connectivity index is 1.51. The van der Waals surface area contributed by atoms with Gasteiger partial charge in [-0.2, -0.15) is 0 Å². The fourth-order valence-corrected chi connectivity index (χ4v) is 3.91. The molecule has 0 spiro atoms. The molecule has 13 heteroatoms. The van der Waals surface area contributed by atoms with Crippen molar-refractivity contribution in [3.63, 3.8) is 0 Å². The van der Waals surface area contributed by atoms with Gasteiger partial charge in [-0.05, 0) is 48.6 Å². The average molecular weight is 526 g/mol. The van der Waals surface area contributed by atoms with E-state index in [2.05, 4.69) is 16.0 Å². The third-order valence-corrected chi connectivity index (χ3v) is 5.67. The van der Waals surface area contributed by atoms with Crippen molar-refractivity contribution in [1.82, 2.24) is 5.32 Å². The molecule has 0 radical (unpaired) electrons. The minimum absolute atomic E-state index is 0.0720. The van der Waals surface area contributed by atoms with Crippen LogP contribution in [0.25, 0.3) is 0 Å². The van der Waals surface area contributed by atoms with Gasteiger partial charge in [0.05, 0.1) is 48.4 Å². The fraction of sp³-hybridized carbons (Fsp3) is 0.208. The molecule has 37 heavy (non-hydrogen) atoms. The number of non-ortho nitro benzene ring substituents is 1. The number of ether oxygens (including phenoxy) is 2. The molecule has 2 heterocycles. The average Bonchev–Trinajstić information content (AvgIpc) is 3.44. The summed E-state index contributed by atoms with van der Waals surface area (Å²) in [4.78, 5) is 38.2. The zero-order chi connectivity index (χ0) is 26.4. The third-order valence-electron chi connectivity index (χ3n) is 5.46. The molecular formula is C24H23N5O7S. The fourth-order valence-electron chi connectivity index (χ4n) is 3.71. The van der Waals surface area contributed by atoms with Gasteiger partial charge >= 0.3 is 0 Å². The molecule has 2 amide bonds. The van der Waals surface area contributed by atoms with Gasteiger partial charge in [0.15, 0.2) is 10.9 Å². The van der Waals surface area contributed by atoms with Gasteiger partial charge in [-0.25, -0.2) is 0 Å². The van der Waals surface area contributed by atoms with Crippen molar-refractivity contribution >= 4 is 51.9 Å². The van der Waals surface area contributed by atoms with Crippen LogP contribution in [-0.2, 0) is 4.74 Å². The molecule has 1 aliphatic heterocycles. The molecule has 12 nitrogen and oxygen atoms in total. The number of amides is 2. The lowest BCUT2D eigenvalue weighted by Crippen LogP contribution is -2.39. The minimum atomic E-state index is -0.621. The van der Waals surface area contributed by atoms with E-state index >= 15 is 0 Å². The molecule has 0 aliphatic carbocycles. The van der Waals surface area contributed by atoms with E-state index in [4.69, 9.17) is 26.1 Å². The van der Waals surface area contributed by atoms with Gasteiger partial charge in [-0.3, -0.25) is 25.0 Å². The van der Waals surface area contributed by atoms with E-state index in [1.54, 1.807) is 30.3 Å². The molecule has 0 saturated carbocycles. The number of morpholine rings is 1. The van der Waals surface area contributed by atoms with Gasteiger partial charge in [0, 0.05) is 30.9 Å². The quantitative estimate of drug-likeness (QED) is 0.238. The molecule has 1 saturated heterocycles. The van der Waals surface area contributed by atoms with Crippen molar-refractivity contribution in [1.29, 1.82) is 0 Å². The summed E-state index contributed by atoms with van der Waals surface area (Å²) < 4.78 is 15.8. The standard InChI is InChI=1S/C24H23N5O7S/c1-34-20-7-4-15(25-23(31)21-3-2-10-36-21)13-18(20)26-24(37)27-22(30)17-14-16(29(32)33)5-6-19(17)28-8-11-35-12-9-28/h2-7,10,13-14H,8-9,11-12H2,1H3,(H,25,31)(H2,26,27,30,37). The Morgan fingerprint density at radius 1 is 1.08 bits per heavy atom. The number of thiocarbonyl (C=S) groups is 1. The van der Waals surface area contributed by atoms with Crippen LogP contribution < -0.4 is 25.6 Å². The number of nitrogens with one attached hydrogen (secondary N) is 3. The lowest BCUT2D eigenvalue weighted by atomic mass is 10.1. The number of benzene rings is 2. The number of carbonyl (C=O) groups is 2. The number of carbonyl (C=O) groups excluding carboxylic acids is 2. The van der Waals surface area contributed by atoms with Gasteiger partial charge < -0.3 is 29.4 Å². The summed E-state index contributed by atoms with van der Waals surface area (Å²) in [6, 6.07) is 12.1. The van der Waals surface area contributed by atoms with Crippen LogP contribution in [0.1, 0.15) is 20.9 Å². The maximum Gasteiger partial charge on any atom is 0.291 e. The second-order valence-electron chi connectivity index (χ2n) is 7.81. The first-order valence-electron chi connectivity index (χ1n) is 11.1. The first kappa shape index (κ1) is 25.6. The summed E-state index contributed by atoms with van der Waals surface area (Å²) in [5.74, 6) is -0.527. The molecule has 2 aromatic carbocycles. The maximum atomic E-state index is 13.2. The van der Waals surface area contributed by atoms with E-state index < -0.39 is 16.7 Å². The molecule has 3 N–H and O–H groups in total. The van der Waals surface area contributed by atoms with Crippen LogP contribution in [-0.4, -0.2) is 55.3 Å². The largest absolute Gasteiger partial charge is 0.495 e. The normalized spacial score (nSPS) is 12.9. The Hall–Kier alpha value is -4.49. The molecule has 192 valence electrons. The lowest BCUT2D eigenvalue weighted by Gasteiger charge is -2.30. The number of nitro benzene ring substituents is 1. The highest BCUT2D eigenvalue weighted by molar-refractivity contribution is 7.80. The van der Waals surface area contributed by atoms with Crippen LogP contribution in [0.2, 0.25) is 0 Å². The molecule has 0 bridgehead atoms. The van der Waals surface area contributed by atoms with Crippen molar-refractivity contribution < 1.29 is 28.4 Å². The van der Waals surface area contributed by atoms with E-state index in [1.165, 1.54) is 31.6 Å². The van der Waals surface area contributed by atoms with Crippen molar-refractivity contribution in [3.8, 4) is 5.75 Å². The van der Waals surface area contributed by atoms with Crippen LogP contribution in [0, 0.1) is 10.1 Å². The molecule has 1 fully saturated rings. The first-order valence-corrected chi connectivity index (χ1v) is 11.5. The SMILES string of the molecule is COc1ccc(NC(=O)c2ccco2)cc1NC(=S)NC(=O)c1cc([N+](=O)[O-])ccc1N1CCOCC1. The van der Waals surface area contributed by atoms with Crippen molar-refractivity contribution in [2.45, 2.75) is 0 Å². The van der Waals surface area contributed by atoms with Gasteiger partial charge in [0.1, 0.15) is 5.75 Å². The van der Waals surface area contributed by atoms with Crippen LogP contribution in [0.4, 0.5) is 22.7 Å². The molecule has 4 rings (SSSR count). The highest BCUT2D eigenvalue weighted by Gasteiger charge is 2.23. The number of furan rings is 1. The lowest BCUT2D eigenvalue weighted by molar-refractivity contribution is -0.384. The van der Waals surface area contributed by atoms with E-state index in [0.29, 0.717) is 49.1 Å². The highest BCUT2D eigenvalue weighted by atomic mass is 32.1. The molecule has 0 atom stereocenters. The zero-order valence-electron chi connectivity index (χ0n) is 19.7. The number of methoxy groups -OCH3 is 1. The topological polar surface area (TPSA) is 148 Å². The maximum absolute atomic E-state index is 13.2. The number of anilines is 3. The van der Waals surface area contributed by atoms with Crippen LogP contribution in [0.5, 0.6) is 5.75 Å². The second-order valence-corrected chi connectivity index (χ2v) is 8.22. The molecule has 1 aliphatic rings. The van der Waals surface area contributed by atoms with Crippen molar-refractivity contribution in [2.24, 2.45) is 0 Å². The Kier molecular flexibility index (Phi) is 7.95. The van der Waals surface area contributed by atoms with Gasteiger partial charge in [0.25, 0.3) is 17.5 Å². The summed E-state index contributed by atoms with van der Waals surface area (Å²) >= 11 is 5.33. The summed E-state index contributed by atoms with van der Waals surface area (Å²) in [6.07, 6.45) is 1.39. The second kappa shape index (κ2) is 11.5. The van der Waals surface area contributed by atoms with Crippen LogP contribution in [0.3, 0.4) is 0 Å². The smallest absolute Gasteiger partial charge is 0.291 e. The molecule has 3 aromatic rings. The van der Waals surface area contributed by atoms with E-state index in [-0.39, 0.29) is 22.1 Å². The minimum Gasteiger partial charge on any atom is -0.495 e. The molecule has 0 unspecified atom stereocenters. The Morgan fingerprint density at radius 3 is 2.54 bits per heavy atom. The Bertz CT molecular complexity index is 1320. The number of rotatable bonds is 7. The van der Waals surface area contributed by atoms with Crippen molar-refractivity contribution in [2.75, 3.05) is 48.9 Å². The van der Waals surface area contributed by atoms with E-state index in [9.17, 15) is 19.7 Å². The number of nitrogens with zero attached hydrogens (tertiary/aromatic N) is 2. The summed E-state index contributed by atoms with van der Waals surface area (Å²) in [6.45, 7) is 2.03. The van der Waals surface area contributed by atoms with Crippen LogP contribution in [0.15, 0.2) is 59.2 Å². The Labute approximate surface area is 216 Å². The van der Waals surface area contributed by atoms with E-state index in [0.717, 1.165) is 0 Å². The van der Waals surface area contributed by atoms with Crippen molar-refractivity contribution in [3.05, 3.63) is 76.2 Å². The number of hydrogen-bond acceptors (Lipinski definition) is 9. The van der Waals surface area contributed by atoms with Gasteiger partial charge in [0.2, 0.25) is 0 Å². The number of nitro groups is 1. The van der Waals surface area contributed by atoms with E-state index in [1.807, 2.05) is 4.90 Å². The zero-order valence-corrected chi connectivity index (χ0v) is 20.5. The highest BCUT2D eigenvalue weighted by Crippen LogP contribution is 2.29. The summed E-state index contributed by atoms with van der Waals surface area (Å²) in [5.41, 5.74) is 1.22. The predicted octanol–water partition coefficient (Wildman–Crippen LogP) is 3.41.